The first kappa shape index (κ1) is 12.5. The summed E-state index contributed by atoms with van der Waals surface area (Å²) in [5, 5.41) is 0. The highest BCUT2D eigenvalue weighted by Gasteiger charge is 2.19. The first-order valence-electron chi connectivity index (χ1n) is 6.62. The van der Waals surface area contributed by atoms with Gasteiger partial charge in [0, 0.05) is 38.0 Å². The van der Waals surface area contributed by atoms with Gasteiger partial charge in [-0.3, -0.25) is 4.98 Å². The van der Waals surface area contributed by atoms with E-state index in [9.17, 15) is 0 Å². The molecule has 1 fully saturated rings. The lowest BCUT2D eigenvalue weighted by atomic mass is 10.1. The van der Waals surface area contributed by atoms with Crippen molar-refractivity contribution >= 4 is 0 Å². The molecule has 1 atom stereocenters. The molecule has 2 heterocycles. The number of ether oxygens (including phenoxy) is 1. The minimum absolute atomic E-state index is 0.442. The average Bonchev–Trinajstić information content (AvgIpc) is 2.39. The van der Waals surface area contributed by atoms with Crippen LogP contribution in [0.2, 0.25) is 0 Å². The van der Waals surface area contributed by atoms with E-state index in [1.807, 2.05) is 12.3 Å². The predicted octanol–water partition coefficient (Wildman–Crippen LogP) is 2.12. The number of piperidine rings is 1. The molecule has 1 aromatic heterocycles. The fraction of sp³-hybridized carbons (Fsp3) is 0.643. The Morgan fingerprint density at radius 1 is 1.47 bits per heavy atom. The molecule has 3 nitrogen and oxygen atoms in total. The summed E-state index contributed by atoms with van der Waals surface area (Å²) in [6, 6.07) is 6.13. The molecule has 1 aliphatic heterocycles. The van der Waals surface area contributed by atoms with Gasteiger partial charge in [-0.15, -0.1) is 0 Å². The average molecular weight is 234 g/mol. The topological polar surface area (TPSA) is 25.4 Å². The first-order valence-corrected chi connectivity index (χ1v) is 6.62. The smallest absolute Gasteiger partial charge is 0.0702 e. The summed E-state index contributed by atoms with van der Waals surface area (Å²) in [4.78, 5) is 6.86. The molecule has 0 bridgehead atoms. The van der Waals surface area contributed by atoms with Crippen LogP contribution in [0.1, 0.15) is 25.5 Å². The normalized spacial score (nSPS) is 21.6. The van der Waals surface area contributed by atoms with Crippen LogP contribution in [0.5, 0.6) is 0 Å². The second-order valence-corrected chi connectivity index (χ2v) is 4.59. The van der Waals surface area contributed by atoms with Crippen molar-refractivity contribution in [3.63, 3.8) is 0 Å². The molecule has 0 unspecified atom stereocenters. The highest BCUT2D eigenvalue weighted by atomic mass is 16.5. The van der Waals surface area contributed by atoms with E-state index >= 15 is 0 Å². The zero-order valence-electron chi connectivity index (χ0n) is 10.6. The lowest BCUT2D eigenvalue weighted by molar-refractivity contribution is 0.00626. The third kappa shape index (κ3) is 4.10. The number of aromatic nitrogens is 1. The minimum Gasteiger partial charge on any atom is -0.377 e. The molecule has 0 aliphatic carbocycles. The van der Waals surface area contributed by atoms with E-state index in [-0.39, 0.29) is 0 Å². The zero-order chi connectivity index (χ0) is 11.9. The monoisotopic (exact) mass is 234 g/mol. The van der Waals surface area contributed by atoms with Crippen molar-refractivity contribution in [3.8, 4) is 0 Å². The second-order valence-electron chi connectivity index (χ2n) is 4.59. The van der Waals surface area contributed by atoms with Crippen molar-refractivity contribution in [2.45, 2.75) is 32.3 Å². The molecule has 0 spiro atoms. The fourth-order valence-corrected chi connectivity index (χ4v) is 2.41. The maximum Gasteiger partial charge on any atom is 0.0702 e. The third-order valence-electron chi connectivity index (χ3n) is 3.27. The van der Waals surface area contributed by atoms with Gasteiger partial charge in [-0.2, -0.15) is 0 Å². The van der Waals surface area contributed by atoms with Gasteiger partial charge in [-0.25, -0.2) is 0 Å². The van der Waals surface area contributed by atoms with Crippen LogP contribution in [0.15, 0.2) is 24.4 Å². The summed E-state index contributed by atoms with van der Waals surface area (Å²) in [5.74, 6) is 0. The highest BCUT2D eigenvalue weighted by Crippen LogP contribution is 2.13. The van der Waals surface area contributed by atoms with E-state index in [1.165, 1.54) is 25.1 Å². The molecule has 17 heavy (non-hydrogen) atoms. The van der Waals surface area contributed by atoms with Crippen LogP contribution in [-0.2, 0) is 11.2 Å². The molecule has 3 heteroatoms. The maximum atomic E-state index is 5.71. The Morgan fingerprint density at radius 2 is 2.41 bits per heavy atom. The molecule has 0 aromatic carbocycles. The van der Waals surface area contributed by atoms with Crippen LogP contribution < -0.4 is 0 Å². The number of hydrogen-bond donors (Lipinski definition) is 0. The molecule has 0 amide bonds. The van der Waals surface area contributed by atoms with Gasteiger partial charge >= 0.3 is 0 Å². The fourth-order valence-electron chi connectivity index (χ4n) is 2.41. The lowest BCUT2D eigenvalue weighted by Gasteiger charge is -2.32. The number of hydrogen-bond acceptors (Lipinski definition) is 3. The number of pyridine rings is 1. The van der Waals surface area contributed by atoms with Gasteiger partial charge in [0.2, 0.25) is 0 Å². The zero-order valence-corrected chi connectivity index (χ0v) is 10.6. The van der Waals surface area contributed by atoms with Crippen LogP contribution in [0.25, 0.3) is 0 Å². The SMILES string of the molecule is CCO[C@@H]1CCCN(CCc2ccccn2)C1. The van der Waals surface area contributed by atoms with E-state index in [2.05, 4.69) is 28.9 Å². The van der Waals surface area contributed by atoms with Crippen molar-refractivity contribution in [1.82, 2.24) is 9.88 Å². The van der Waals surface area contributed by atoms with Gasteiger partial charge < -0.3 is 9.64 Å². The van der Waals surface area contributed by atoms with Gasteiger partial charge in [0.25, 0.3) is 0 Å². The van der Waals surface area contributed by atoms with Crippen LogP contribution in [0.4, 0.5) is 0 Å². The molecule has 94 valence electrons. The minimum atomic E-state index is 0.442. The summed E-state index contributed by atoms with van der Waals surface area (Å²) in [5.41, 5.74) is 1.19. The summed E-state index contributed by atoms with van der Waals surface area (Å²) >= 11 is 0. The Kier molecular flexibility index (Phi) is 4.95. The molecule has 2 rings (SSSR count). The van der Waals surface area contributed by atoms with E-state index in [1.54, 1.807) is 0 Å². The lowest BCUT2D eigenvalue weighted by Crippen LogP contribution is -2.40. The molecule has 1 aromatic rings. The number of rotatable bonds is 5. The first-order chi connectivity index (χ1) is 8.38. The van der Waals surface area contributed by atoms with Crippen molar-refractivity contribution in [3.05, 3.63) is 30.1 Å². The van der Waals surface area contributed by atoms with Crippen LogP contribution >= 0.6 is 0 Å². The largest absolute Gasteiger partial charge is 0.377 e. The van der Waals surface area contributed by atoms with E-state index in [0.29, 0.717) is 6.10 Å². The molecular weight excluding hydrogens is 212 g/mol. The molecule has 0 N–H and O–H groups in total. The maximum absolute atomic E-state index is 5.71. The highest BCUT2D eigenvalue weighted by molar-refractivity contribution is 5.03. The molecule has 1 saturated heterocycles. The van der Waals surface area contributed by atoms with E-state index in [4.69, 9.17) is 4.74 Å². The summed E-state index contributed by atoms with van der Waals surface area (Å²) in [6.07, 6.45) is 5.83. The number of likely N-dealkylation sites (tertiary alicyclic amines) is 1. The van der Waals surface area contributed by atoms with Gasteiger partial charge in [-0.1, -0.05) is 6.07 Å². The Hall–Kier alpha value is -0.930. The van der Waals surface area contributed by atoms with Gasteiger partial charge in [-0.05, 0) is 38.4 Å². The summed E-state index contributed by atoms with van der Waals surface area (Å²) in [6.45, 7) is 6.29. The summed E-state index contributed by atoms with van der Waals surface area (Å²) < 4.78 is 5.71. The Labute approximate surface area is 104 Å². The van der Waals surface area contributed by atoms with Gasteiger partial charge in [0.1, 0.15) is 0 Å². The second kappa shape index (κ2) is 6.72. The van der Waals surface area contributed by atoms with Crippen molar-refractivity contribution in [1.29, 1.82) is 0 Å². The molecular formula is C14H22N2O. The Balaban J connectivity index is 1.75. The van der Waals surface area contributed by atoms with Crippen molar-refractivity contribution in [2.75, 3.05) is 26.2 Å². The Morgan fingerprint density at radius 3 is 3.18 bits per heavy atom. The van der Waals surface area contributed by atoms with Crippen LogP contribution in [-0.4, -0.2) is 42.2 Å². The standard InChI is InChI=1S/C14H22N2O/c1-2-17-14-7-5-10-16(12-14)11-8-13-6-3-4-9-15-13/h3-4,6,9,14H,2,5,7-8,10-12H2,1H3/t14-/m1/s1. The van der Waals surface area contributed by atoms with E-state index in [0.717, 1.165) is 26.1 Å². The van der Waals surface area contributed by atoms with Crippen LogP contribution in [0.3, 0.4) is 0 Å². The van der Waals surface area contributed by atoms with E-state index < -0.39 is 0 Å². The quantitative estimate of drug-likeness (QED) is 0.780. The van der Waals surface area contributed by atoms with Crippen LogP contribution in [0, 0.1) is 0 Å². The third-order valence-corrected chi connectivity index (χ3v) is 3.27. The Bertz CT molecular complexity index is 313. The van der Waals surface area contributed by atoms with Gasteiger partial charge in [0.05, 0.1) is 6.10 Å². The van der Waals surface area contributed by atoms with Crippen molar-refractivity contribution in [2.24, 2.45) is 0 Å². The molecule has 0 saturated carbocycles. The molecule has 0 radical (unpaired) electrons. The number of nitrogens with zero attached hydrogens (tertiary/aromatic N) is 2. The molecule has 1 aliphatic rings. The van der Waals surface area contributed by atoms with Crippen molar-refractivity contribution < 1.29 is 4.74 Å². The van der Waals surface area contributed by atoms with Gasteiger partial charge in [0.15, 0.2) is 0 Å². The summed E-state index contributed by atoms with van der Waals surface area (Å²) in [7, 11) is 0. The predicted molar refractivity (Wildman–Crippen MR) is 69.0 cm³/mol.